The zero-order chi connectivity index (χ0) is 28.9. The van der Waals surface area contributed by atoms with Crippen molar-refractivity contribution >= 4 is 29.1 Å². The van der Waals surface area contributed by atoms with Crippen molar-refractivity contribution in [1.82, 2.24) is 5.32 Å². The number of benzene rings is 4. The third-order valence-corrected chi connectivity index (χ3v) is 8.39. The van der Waals surface area contributed by atoms with Gasteiger partial charge in [0.2, 0.25) is 0 Å². The lowest BCUT2D eigenvalue weighted by atomic mass is 9.81. The first-order valence-electron chi connectivity index (χ1n) is 14.2. The molecule has 0 spiro atoms. The summed E-state index contributed by atoms with van der Waals surface area (Å²) in [6.45, 7) is 3.96. The highest BCUT2D eigenvalue weighted by Crippen LogP contribution is 2.39. The van der Waals surface area contributed by atoms with E-state index in [1.165, 1.54) is 30.9 Å². The number of carbonyl (C=O) groups is 1. The minimum absolute atomic E-state index is 0.00156. The third-order valence-electron chi connectivity index (χ3n) is 7.65. The van der Waals surface area contributed by atoms with Gasteiger partial charge in [0.15, 0.2) is 0 Å². The highest BCUT2D eigenvalue weighted by atomic mass is 35.5. The molecular weight excluding hydrogens is 556 g/mol. The van der Waals surface area contributed by atoms with Crippen molar-refractivity contribution in [2.24, 2.45) is 0 Å². The molecule has 4 aromatic rings. The van der Waals surface area contributed by atoms with Crippen molar-refractivity contribution < 1.29 is 13.9 Å². The molecule has 1 N–H and O–H groups in total. The lowest BCUT2D eigenvalue weighted by Crippen LogP contribution is -2.30. The first kappa shape index (κ1) is 29.2. The van der Waals surface area contributed by atoms with Crippen LogP contribution in [-0.4, -0.2) is 11.9 Å². The van der Waals surface area contributed by atoms with E-state index in [2.05, 4.69) is 11.4 Å². The number of amides is 1. The molecule has 5 rings (SSSR count). The monoisotopic (exact) mass is 589 g/mol. The average Bonchev–Trinajstić information content (AvgIpc) is 2.97. The van der Waals surface area contributed by atoms with Gasteiger partial charge in [0.05, 0.1) is 10.0 Å². The second-order valence-corrected chi connectivity index (χ2v) is 11.8. The van der Waals surface area contributed by atoms with Crippen LogP contribution in [0.25, 0.3) is 22.3 Å². The smallest absolute Gasteiger partial charge is 0.251 e. The van der Waals surface area contributed by atoms with Crippen LogP contribution in [0.5, 0.6) is 5.75 Å². The van der Waals surface area contributed by atoms with Gasteiger partial charge in [-0.05, 0) is 96.8 Å². The zero-order valence-electron chi connectivity index (χ0n) is 23.4. The van der Waals surface area contributed by atoms with E-state index < -0.39 is 0 Å². The molecule has 0 unspecified atom stereocenters. The van der Waals surface area contributed by atoms with Gasteiger partial charge in [-0.2, -0.15) is 0 Å². The van der Waals surface area contributed by atoms with Gasteiger partial charge in [0.1, 0.15) is 18.2 Å². The molecule has 0 aliphatic heterocycles. The van der Waals surface area contributed by atoms with Crippen LogP contribution in [0.3, 0.4) is 0 Å². The number of ether oxygens (including phenoxy) is 1. The Morgan fingerprint density at radius 2 is 1.63 bits per heavy atom. The molecular formula is C35H34Cl2FNO2. The van der Waals surface area contributed by atoms with Gasteiger partial charge < -0.3 is 10.1 Å². The molecule has 1 aliphatic rings. The molecule has 1 amide bonds. The van der Waals surface area contributed by atoms with E-state index >= 15 is 4.39 Å². The molecule has 6 heteroatoms. The van der Waals surface area contributed by atoms with Crippen molar-refractivity contribution in [3.05, 3.63) is 111 Å². The number of rotatable bonds is 8. The summed E-state index contributed by atoms with van der Waals surface area (Å²) in [5, 5.41) is 3.82. The average molecular weight is 591 g/mol. The molecule has 0 atom stereocenters. The molecule has 0 aromatic heterocycles. The van der Waals surface area contributed by atoms with E-state index in [1.54, 1.807) is 30.3 Å². The summed E-state index contributed by atoms with van der Waals surface area (Å²) in [5.74, 6) is 0.392. The van der Waals surface area contributed by atoms with Crippen molar-refractivity contribution in [2.75, 3.05) is 0 Å². The fourth-order valence-corrected chi connectivity index (χ4v) is 5.92. The van der Waals surface area contributed by atoms with Crippen LogP contribution in [0.2, 0.25) is 10.0 Å². The number of halogens is 3. The Morgan fingerprint density at radius 3 is 2.37 bits per heavy atom. The molecule has 1 saturated carbocycles. The molecule has 0 radical (unpaired) electrons. The van der Waals surface area contributed by atoms with Gasteiger partial charge in [-0.25, -0.2) is 4.39 Å². The second-order valence-electron chi connectivity index (χ2n) is 11.0. The van der Waals surface area contributed by atoms with Crippen LogP contribution in [0.1, 0.15) is 73.4 Å². The molecule has 0 saturated heterocycles. The summed E-state index contributed by atoms with van der Waals surface area (Å²) in [4.78, 5) is 12.7. The molecule has 3 nitrogen and oxygen atoms in total. The van der Waals surface area contributed by atoms with E-state index in [0.29, 0.717) is 32.8 Å². The summed E-state index contributed by atoms with van der Waals surface area (Å²) in [5.41, 5.74) is 5.74. The van der Waals surface area contributed by atoms with Gasteiger partial charge in [-0.3, -0.25) is 4.79 Å². The van der Waals surface area contributed by atoms with Crippen LogP contribution in [-0.2, 0) is 6.61 Å². The predicted molar refractivity (Wildman–Crippen MR) is 166 cm³/mol. The predicted octanol–water partition coefficient (Wildman–Crippen LogP) is 10.2. The molecule has 0 heterocycles. The maximum atomic E-state index is 15.6. The van der Waals surface area contributed by atoms with Crippen LogP contribution in [0.4, 0.5) is 4.39 Å². The van der Waals surface area contributed by atoms with Gasteiger partial charge in [0.25, 0.3) is 5.91 Å². The summed E-state index contributed by atoms with van der Waals surface area (Å²) in [6.07, 6.45) is 6.01. The Bertz CT molecular complexity index is 1550. The molecule has 212 valence electrons. The summed E-state index contributed by atoms with van der Waals surface area (Å²) in [6, 6.07) is 24.1. The SMILES string of the molecule is CC(C)NC(=O)c1ccc(-c2ccc(Cl)c(Cl)c2)c(COc2ccc(-c3ccccc3C3CCCCC3)c(F)c2)c1. The lowest BCUT2D eigenvalue weighted by molar-refractivity contribution is 0.0943. The van der Waals surface area contributed by atoms with E-state index in [9.17, 15) is 4.79 Å². The maximum absolute atomic E-state index is 15.6. The number of hydrogen-bond donors (Lipinski definition) is 1. The van der Waals surface area contributed by atoms with Crippen LogP contribution < -0.4 is 10.1 Å². The van der Waals surface area contributed by atoms with Crippen LogP contribution in [0.15, 0.2) is 78.9 Å². The second kappa shape index (κ2) is 13.1. The fraction of sp³-hybridized carbons (Fsp3) is 0.286. The highest BCUT2D eigenvalue weighted by molar-refractivity contribution is 6.42. The Balaban J connectivity index is 1.42. The first-order valence-corrected chi connectivity index (χ1v) is 15.0. The first-order chi connectivity index (χ1) is 19.8. The van der Waals surface area contributed by atoms with Crippen LogP contribution in [0, 0.1) is 5.82 Å². The lowest BCUT2D eigenvalue weighted by Gasteiger charge is -2.24. The minimum Gasteiger partial charge on any atom is -0.489 e. The Kier molecular flexibility index (Phi) is 9.32. The van der Waals surface area contributed by atoms with E-state index in [4.69, 9.17) is 27.9 Å². The third kappa shape index (κ3) is 6.94. The van der Waals surface area contributed by atoms with E-state index in [-0.39, 0.29) is 24.4 Å². The van der Waals surface area contributed by atoms with Crippen LogP contribution >= 0.6 is 23.2 Å². The number of hydrogen-bond acceptors (Lipinski definition) is 2. The van der Waals surface area contributed by atoms with Crippen molar-refractivity contribution in [1.29, 1.82) is 0 Å². The largest absolute Gasteiger partial charge is 0.489 e. The Morgan fingerprint density at radius 1 is 0.878 bits per heavy atom. The van der Waals surface area contributed by atoms with E-state index in [0.717, 1.165) is 35.1 Å². The zero-order valence-corrected chi connectivity index (χ0v) is 24.9. The normalized spacial score (nSPS) is 13.8. The highest BCUT2D eigenvalue weighted by Gasteiger charge is 2.20. The maximum Gasteiger partial charge on any atom is 0.251 e. The van der Waals surface area contributed by atoms with Gasteiger partial charge in [-0.15, -0.1) is 0 Å². The standard InChI is InChI=1S/C35H34Cl2FNO2/c1-22(2)39-35(40)25-12-15-28(24-13-17-32(36)33(37)19-24)26(18-25)21-41-27-14-16-31(34(38)20-27)30-11-7-6-10-29(30)23-8-4-3-5-9-23/h6-7,10-20,22-23H,3-5,8-9,21H2,1-2H3,(H,39,40). The molecule has 0 bridgehead atoms. The molecule has 41 heavy (non-hydrogen) atoms. The van der Waals surface area contributed by atoms with Gasteiger partial charge in [0, 0.05) is 23.2 Å². The number of nitrogens with one attached hydrogen (secondary N) is 1. The minimum atomic E-state index is -0.319. The summed E-state index contributed by atoms with van der Waals surface area (Å²) >= 11 is 12.4. The van der Waals surface area contributed by atoms with Crippen molar-refractivity contribution in [3.8, 4) is 28.0 Å². The molecule has 4 aromatic carbocycles. The van der Waals surface area contributed by atoms with E-state index in [1.807, 2.05) is 50.2 Å². The topological polar surface area (TPSA) is 38.3 Å². The van der Waals surface area contributed by atoms with Gasteiger partial charge in [-0.1, -0.05) is 78.9 Å². The summed E-state index contributed by atoms with van der Waals surface area (Å²) < 4.78 is 21.7. The Hall–Kier alpha value is -3.34. The molecule has 1 aliphatic carbocycles. The van der Waals surface area contributed by atoms with Crippen molar-refractivity contribution in [2.45, 2.75) is 64.5 Å². The molecule has 1 fully saturated rings. The van der Waals surface area contributed by atoms with Gasteiger partial charge >= 0.3 is 0 Å². The number of carbonyl (C=O) groups excluding carboxylic acids is 1. The summed E-state index contributed by atoms with van der Waals surface area (Å²) in [7, 11) is 0. The Labute approximate surface area is 251 Å². The quantitative estimate of drug-likeness (QED) is 0.222. The van der Waals surface area contributed by atoms with Crippen molar-refractivity contribution in [3.63, 3.8) is 0 Å². The fourth-order valence-electron chi connectivity index (χ4n) is 5.62.